The molecule has 0 saturated carbocycles. The molecule has 9 heteroatoms. The number of hydrogen-bond acceptors (Lipinski definition) is 5. The molecule has 20 heavy (non-hydrogen) atoms. The normalized spacial score (nSPS) is 11.9. The third kappa shape index (κ3) is 3.17. The Morgan fingerprint density at radius 3 is 2.70 bits per heavy atom. The lowest BCUT2D eigenvalue weighted by molar-refractivity contribution is 0.558. The second-order valence-corrected chi connectivity index (χ2v) is 6.06. The van der Waals surface area contributed by atoms with Gasteiger partial charge in [0.2, 0.25) is 0 Å². The van der Waals surface area contributed by atoms with E-state index < -0.39 is 10.0 Å². The molecule has 110 valence electrons. The fourth-order valence-electron chi connectivity index (χ4n) is 1.80. The van der Waals surface area contributed by atoms with Gasteiger partial charge in [-0.3, -0.25) is 4.68 Å². The fourth-order valence-corrected chi connectivity index (χ4v) is 2.83. The molecule has 0 fully saturated rings. The third-order valence-electron chi connectivity index (χ3n) is 2.86. The van der Waals surface area contributed by atoms with E-state index in [0.717, 1.165) is 0 Å². The molecule has 2 rings (SSSR count). The van der Waals surface area contributed by atoms with Gasteiger partial charge in [0.05, 0.1) is 18.4 Å². The third-order valence-corrected chi connectivity index (χ3v) is 4.19. The molecule has 0 radical (unpaired) electrons. The average Bonchev–Trinajstić information content (AvgIpc) is 2.95. The highest BCUT2D eigenvalue weighted by Crippen LogP contribution is 2.08. The van der Waals surface area contributed by atoms with Crippen LogP contribution < -0.4 is 10.5 Å². The van der Waals surface area contributed by atoms with E-state index in [1.165, 1.54) is 12.4 Å². The molecule has 2 aromatic rings. The van der Waals surface area contributed by atoms with E-state index in [0.29, 0.717) is 24.6 Å². The molecule has 0 atom stereocenters. The van der Waals surface area contributed by atoms with E-state index in [1.807, 2.05) is 6.92 Å². The van der Waals surface area contributed by atoms with Crippen molar-refractivity contribution in [3.8, 4) is 0 Å². The zero-order chi connectivity index (χ0) is 14.8. The summed E-state index contributed by atoms with van der Waals surface area (Å²) >= 11 is 0. The van der Waals surface area contributed by atoms with Gasteiger partial charge < -0.3 is 10.3 Å². The fraction of sp³-hybridized carbons (Fsp3) is 0.455. The maximum atomic E-state index is 12.1. The first kappa shape index (κ1) is 14.5. The van der Waals surface area contributed by atoms with Gasteiger partial charge in [-0.05, 0) is 13.8 Å². The summed E-state index contributed by atoms with van der Waals surface area (Å²) in [6.45, 7) is 5.02. The van der Waals surface area contributed by atoms with Crippen LogP contribution in [0.4, 0.5) is 5.69 Å². The van der Waals surface area contributed by atoms with Crippen LogP contribution in [0, 0.1) is 6.92 Å². The van der Waals surface area contributed by atoms with Crippen LogP contribution in [0.3, 0.4) is 0 Å². The van der Waals surface area contributed by atoms with E-state index in [4.69, 9.17) is 5.73 Å². The Labute approximate surface area is 117 Å². The van der Waals surface area contributed by atoms with Crippen LogP contribution in [0.15, 0.2) is 23.6 Å². The molecule has 2 heterocycles. The summed E-state index contributed by atoms with van der Waals surface area (Å²) in [5.41, 5.74) is 6.07. The molecule has 0 unspecified atom stereocenters. The monoisotopic (exact) mass is 298 g/mol. The van der Waals surface area contributed by atoms with Crippen LogP contribution in [-0.4, -0.2) is 34.3 Å². The minimum absolute atomic E-state index is 0.0387. The Morgan fingerprint density at radius 2 is 2.15 bits per heavy atom. The molecule has 0 aliphatic rings. The summed E-state index contributed by atoms with van der Waals surface area (Å²) in [4.78, 5) is 4.05. The maximum Gasteiger partial charge on any atom is 0.259 e. The van der Waals surface area contributed by atoms with Gasteiger partial charge >= 0.3 is 0 Å². The van der Waals surface area contributed by atoms with E-state index in [2.05, 4.69) is 14.8 Å². The molecule has 0 aliphatic heterocycles. The van der Waals surface area contributed by atoms with Crippen LogP contribution in [0.25, 0.3) is 0 Å². The molecule has 0 aromatic carbocycles. The van der Waals surface area contributed by atoms with E-state index >= 15 is 0 Å². The van der Waals surface area contributed by atoms with Crippen molar-refractivity contribution in [2.45, 2.75) is 32.0 Å². The van der Waals surface area contributed by atoms with Gasteiger partial charge in [-0.25, -0.2) is 18.1 Å². The number of sulfonamides is 1. The second-order valence-electron chi connectivity index (χ2n) is 4.35. The van der Waals surface area contributed by atoms with Crippen molar-refractivity contribution < 1.29 is 8.42 Å². The smallest absolute Gasteiger partial charge is 0.259 e. The molecule has 0 amide bonds. The lowest BCUT2D eigenvalue weighted by atomic mass is 10.6. The SMILES string of the molecule is CCn1cc(S(=O)(=O)NCCn2cc(N)cn2)nc1C. The highest BCUT2D eigenvalue weighted by molar-refractivity contribution is 7.89. The highest BCUT2D eigenvalue weighted by atomic mass is 32.2. The Morgan fingerprint density at radius 1 is 1.40 bits per heavy atom. The molecule has 0 spiro atoms. The highest BCUT2D eigenvalue weighted by Gasteiger charge is 2.18. The molecule has 8 nitrogen and oxygen atoms in total. The number of aromatic nitrogens is 4. The minimum Gasteiger partial charge on any atom is -0.396 e. The van der Waals surface area contributed by atoms with E-state index in [9.17, 15) is 8.42 Å². The summed E-state index contributed by atoms with van der Waals surface area (Å²) < 4.78 is 30.0. The van der Waals surface area contributed by atoms with Crippen LogP contribution in [0.1, 0.15) is 12.7 Å². The van der Waals surface area contributed by atoms with Crippen molar-refractivity contribution >= 4 is 15.7 Å². The Kier molecular flexibility index (Phi) is 4.09. The maximum absolute atomic E-state index is 12.1. The first-order valence-corrected chi connectivity index (χ1v) is 7.72. The Bertz CT molecular complexity index is 688. The van der Waals surface area contributed by atoms with Gasteiger partial charge in [0, 0.05) is 25.5 Å². The molecule has 0 aliphatic carbocycles. The number of anilines is 1. The molecule has 0 bridgehead atoms. The van der Waals surface area contributed by atoms with E-state index in [1.54, 1.807) is 22.4 Å². The first-order chi connectivity index (χ1) is 9.42. The lowest BCUT2D eigenvalue weighted by Gasteiger charge is -2.04. The predicted molar refractivity (Wildman–Crippen MR) is 74.5 cm³/mol. The first-order valence-electron chi connectivity index (χ1n) is 6.23. The van der Waals surface area contributed by atoms with Crippen molar-refractivity contribution in [1.29, 1.82) is 0 Å². The number of hydrogen-bond donors (Lipinski definition) is 2. The summed E-state index contributed by atoms with van der Waals surface area (Å²) in [5.74, 6) is 0.674. The number of nitrogens with one attached hydrogen (secondary N) is 1. The summed E-state index contributed by atoms with van der Waals surface area (Å²) in [7, 11) is -3.59. The van der Waals surface area contributed by atoms with Crippen LogP contribution in [0.2, 0.25) is 0 Å². The van der Waals surface area contributed by atoms with E-state index in [-0.39, 0.29) is 11.6 Å². The van der Waals surface area contributed by atoms with Crippen molar-refractivity contribution in [3.63, 3.8) is 0 Å². The molecular formula is C11H18N6O2S. The van der Waals surface area contributed by atoms with Gasteiger partial charge in [0.15, 0.2) is 5.03 Å². The largest absolute Gasteiger partial charge is 0.396 e. The van der Waals surface area contributed by atoms with Crippen LogP contribution in [-0.2, 0) is 23.1 Å². The number of nitrogens with zero attached hydrogens (tertiary/aromatic N) is 4. The minimum atomic E-state index is -3.59. The van der Waals surface area contributed by atoms with Crippen LogP contribution >= 0.6 is 0 Å². The average molecular weight is 298 g/mol. The number of imidazole rings is 1. The van der Waals surface area contributed by atoms with Crippen molar-refractivity contribution in [2.75, 3.05) is 12.3 Å². The number of aryl methyl sites for hydroxylation is 2. The quantitative estimate of drug-likeness (QED) is 0.778. The molecule has 3 N–H and O–H groups in total. The van der Waals surface area contributed by atoms with Gasteiger partial charge in [0.1, 0.15) is 5.82 Å². The molecule has 2 aromatic heterocycles. The predicted octanol–water partition coefficient (Wildman–Crippen LogP) is -0.0314. The van der Waals surface area contributed by atoms with Gasteiger partial charge in [0.25, 0.3) is 10.0 Å². The zero-order valence-corrected chi connectivity index (χ0v) is 12.3. The Balaban J connectivity index is 2.00. The van der Waals surface area contributed by atoms with Crippen molar-refractivity contribution in [1.82, 2.24) is 24.1 Å². The molecular weight excluding hydrogens is 280 g/mol. The number of rotatable bonds is 6. The standard InChI is InChI=1S/C11H18N6O2S/c1-3-16-8-11(15-9(16)2)20(18,19)14-4-5-17-7-10(12)6-13-17/h6-8,14H,3-5,12H2,1-2H3. The van der Waals surface area contributed by atoms with Crippen LogP contribution in [0.5, 0.6) is 0 Å². The molecule has 0 saturated heterocycles. The topological polar surface area (TPSA) is 108 Å². The summed E-state index contributed by atoms with van der Waals surface area (Å²) in [6.07, 6.45) is 4.69. The summed E-state index contributed by atoms with van der Waals surface area (Å²) in [6, 6.07) is 0. The second kappa shape index (κ2) is 5.63. The number of nitrogen functional groups attached to an aromatic ring is 1. The van der Waals surface area contributed by atoms with Gasteiger partial charge in [-0.1, -0.05) is 0 Å². The Hall–Kier alpha value is -1.87. The van der Waals surface area contributed by atoms with Gasteiger partial charge in [-0.15, -0.1) is 0 Å². The number of nitrogens with two attached hydrogens (primary N) is 1. The van der Waals surface area contributed by atoms with Gasteiger partial charge in [-0.2, -0.15) is 5.10 Å². The lowest BCUT2D eigenvalue weighted by Crippen LogP contribution is -2.27. The summed E-state index contributed by atoms with van der Waals surface area (Å²) in [5, 5.41) is 4.02. The van der Waals surface area contributed by atoms with Crippen molar-refractivity contribution in [2.24, 2.45) is 0 Å². The zero-order valence-electron chi connectivity index (χ0n) is 11.4. The van der Waals surface area contributed by atoms with Crippen molar-refractivity contribution in [3.05, 3.63) is 24.4 Å².